The highest BCUT2D eigenvalue weighted by Crippen LogP contribution is 2.20. The number of carbonyl (C=O) groups excluding carboxylic acids is 3. The van der Waals surface area contributed by atoms with Crippen molar-refractivity contribution in [3.63, 3.8) is 0 Å². The first-order valence-electron chi connectivity index (χ1n) is 9.60. The number of para-hydroxylation sites is 1. The first-order valence-corrected chi connectivity index (χ1v) is 9.60. The largest absolute Gasteiger partial charge is 0.463 e. The van der Waals surface area contributed by atoms with Gasteiger partial charge in [-0.05, 0) is 46.8 Å². The lowest BCUT2D eigenvalue weighted by Crippen LogP contribution is -2.51. The molecule has 0 unspecified atom stereocenters. The van der Waals surface area contributed by atoms with Gasteiger partial charge in [0.05, 0.1) is 30.5 Å². The quantitative estimate of drug-likeness (QED) is 0.679. The number of ether oxygens (including phenoxy) is 2. The average molecular weight is 403 g/mol. The van der Waals surface area contributed by atoms with Crippen LogP contribution in [-0.2, 0) is 19.1 Å². The van der Waals surface area contributed by atoms with Crippen molar-refractivity contribution in [3.8, 4) is 0 Å². The van der Waals surface area contributed by atoms with Crippen LogP contribution in [0.15, 0.2) is 41.6 Å². The maximum absolute atomic E-state index is 12.5. The minimum atomic E-state index is -0.619. The standard InChI is InChI=1S/C21H29N3O5/c1-6-28-19(26)18-14(2)22-20(27)23-16(18)12-24(15-10-8-7-9-11-15)13-17(25)29-21(3,4)5/h7-11,14H,6,12-13H2,1-5H3,(H2,22,23,27)/t14-/m0/s1. The summed E-state index contributed by atoms with van der Waals surface area (Å²) in [6.45, 7) is 9.14. The van der Waals surface area contributed by atoms with E-state index < -0.39 is 29.6 Å². The van der Waals surface area contributed by atoms with Crippen LogP contribution in [-0.4, -0.2) is 49.3 Å². The topological polar surface area (TPSA) is 97.0 Å². The Bertz CT molecular complexity index is 783. The van der Waals surface area contributed by atoms with Gasteiger partial charge < -0.3 is 25.0 Å². The molecule has 2 rings (SSSR count). The first kappa shape index (κ1) is 22.3. The summed E-state index contributed by atoms with van der Waals surface area (Å²) in [5, 5.41) is 5.36. The van der Waals surface area contributed by atoms with E-state index in [2.05, 4.69) is 10.6 Å². The summed E-state index contributed by atoms with van der Waals surface area (Å²) in [7, 11) is 0. The average Bonchev–Trinajstić information content (AvgIpc) is 2.60. The number of rotatable bonds is 7. The molecule has 1 aliphatic rings. The second-order valence-electron chi connectivity index (χ2n) is 7.71. The lowest BCUT2D eigenvalue weighted by Gasteiger charge is -2.31. The number of hydrogen-bond donors (Lipinski definition) is 2. The van der Waals surface area contributed by atoms with Crippen LogP contribution in [0.3, 0.4) is 0 Å². The molecule has 0 saturated heterocycles. The van der Waals surface area contributed by atoms with E-state index in [0.717, 1.165) is 5.69 Å². The Morgan fingerprint density at radius 2 is 1.83 bits per heavy atom. The van der Waals surface area contributed by atoms with Gasteiger partial charge in [0.25, 0.3) is 0 Å². The van der Waals surface area contributed by atoms with Gasteiger partial charge in [0.2, 0.25) is 0 Å². The fourth-order valence-corrected chi connectivity index (χ4v) is 3.00. The highest BCUT2D eigenvalue weighted by molar-refractivity contribution is 5.95. The van der Waals surface area contributed by atoms with Crippen molar-refractivity contribution in [2.24, 2.45) is 0 Å². The fraction of sp³-hybridized carbons (Fsp3) is 0.476. The van der Waals surface area contributed by atoms with Crippen LogP contribution < -0.4 is 15.5 Å². The third kappa shape index (κ3) is 6.51. The smallest absolute Gasteiger partial charge is 0.337 e. The number of benzene rings is 1. The number of nitrogens with one attached hydrogen (secondary N) is 2. The van der Waals surface area contributed by atoms with E-state index in [1.54, 1.807) is 39.5 Å². The summed E-state index contributed by atoms with van der Waals surface area (Å²) in [6.07, 6.45) is 0. The molecule has 8 nitrogen and oxygen atoms in total. The number of urea groups is 1. The van der Waals surface area contributed by atoms with Crippen molar-refractivity contribution >= 4 is 23.7 Å². The molecule has 1 aromatic carbocycles. The van der Waals surface area contributed by atoms with Gasteiger partial charge in [-0.15, -0.1) is 0 Å². The van der Waals surface area contributed by atoms with Crippen LogP contribution >= 0.6 is 0 Å². The molecule has 2 amide bonds. The second kappa shape index (κ2) is 9.45. The molecule has 158 valence electrons. The molecule has 0 fully saturated rings. The molecule has 2 N–H and O–H groups in total. The monoisotopic (exact) mass is 403 g/mol. The Labute approximate surface area is 171 Å². The lowest BCUT2D eigenvalue weighted by atomic mass is 10.0. The first-order chi connectivity index (χ1) is 13.6. The number of hydrogen-bond acceptors (Lipinski definition) is 6. The van der Waals surface area contributed by atoms with Gasteiger partial charge in [-0.25, -0.2) is 9.59 Å². The minimum absolute atomic E-state index is 0.0431. The van der Waals surface area contributed by atoms with E-state index in [9.17, 15) is 14.4 Å². The molecule has 8 heteroatoms. The molecular weight excluding hydrogens is 374 g/mol. The Morgan fingerprint density at radius 3 is 2.41 bits per heavy atom. The second-order valence-corrected chi connectivity index (χ2v) is 7.71. The maximum atomic E-state index is 12.5. The molecule has 1 aromatic rings. The van der Waals surface area contributed by atoms with Gasteiger partial charge in [0.15, 0.2) is 0 Å². The van der Waals surface area contributed by atoms with Gasteiger partial charge in [0, 0.05) is 5.69 Å². The summed E-state index contributed by atoms with van der Waals surface area (Å²) >= 11 is 0. The third-order valence-corrected chi connectivity index (χ3v) is 4.08. The number of esters is 2. The molecular formula is C21H29N3O5. The van der Waals surface area contributed by atoms with Crippen LogP contribution in [0, 0.1) is 0 Å². The zero-order valence-electron chi connectivity index (χ0n) is 17.6. The summed E-state index contributed by atoms with van der Waals surface area (Å²) in [6, 6.07) is 8.33. The fourth-order valence-electron chi connectivity index (χ4n) is 3.00. The normalized spacial score (nSPS) is 16.6. The van der Waals surface area contributed by atoms with Gasteiger partial charge >= 0.3 is 18.0 Å². The predicted octanol–water partition coefficient (Wildman–Crippen LogP) is 2.35. The molecule has 1 atom stereocenters. The van der Waals surface area contributed by atoms with E-state index in [1.165, 1.54) is 0 Å². The summed E-state index contributed by atoms with van der Waals surface area (Å²) in [5.74, 6) is -0.916. The van der Waals surface area contributed by atoms with Crippen molar-refractivity contribution in [2.75, 3.05) is 24.6 Å². The Kier molecular flexibility index (Phi) is 7.25. The summed E-state index contributed by atoms with van der Waals surface area (Å²) in [5.41, 5.74) is 0.866. The van der Waals surface area contributed by atoms with Crippen molar-refractivity contribution in [1.82, 2.24) is 10.6 Å². The van der Waals surface area contributed by atoms with Crippen molar-refractivity contribution in [2.45, 2.75) is 46.3 Å². The van der Waals surface area contributed by atoms with Crippen LogP contribution in [0.2, 0.25) is 0 Å². The van der Waals surface area contributed by atoms with Crippen LogP contribution in [0.1, 0.15) is 34.6 Å². The Hall–Kier alpha value is -3.03. The van der Waals surface area contributed by atoms with E-state index in [-0.39, 0.29) is 19.7 Å². The Balaban J connectivity index is 2.36. The zero-order chi connectivity index (χ0) is 21.6. The van der Waals surface area contributed by atoms with E-state index in [0.29, 0.717) is 11.3 Å². The van der Waals surface area contributed by atoms with Crippen LogP contribution in [0.25, 0.3) is 0 Å². The van der Waals surface area contributed by atoms with Crippen molar-refractivity contribution < 1.29 is 23.9 Å². The molecule has 0 aliphatic carbocycles. The summed E-state index contributed by atoms with van der Waals surface area (Å²) < 4.78 is 10.6. The van der Waals surface area contributed by atoms with Crippen LogP contribution in [0.5, 0.6) is 0 Å². The third-order valence-electron chi connectivity index (χ3n) is 4.08. The molecule has 1 heterocycles. The maximum Gasteiger partial charge on any atom is 0.337 e. The van der Waals surface area contributed by atoms with Gasteiger partial charge in [0.1, 0.15) is 12.1 Å². The van der Waals surface area contributed by atoms with E-state index in [1.807, 2.05) is 30.3 Å². The SMILES string of the molecule is CCOC(=O)C1=C(CN(CC(=O)OC(C)(C)C)c2ccccc2)NC(=O)N[C@H]1C. The van der Waals surface area contributed by atoms with Gasteiger partial charge in [-0.2, -0.15) is 0 Å². The molecule has 0 bridgehead atoms. The number of amides is 2. The highest BCUT2D eigenvalue weighted by Gasteiger charge is 2.31. The molecule has 0 radical (unpaired) electrons. The minimum Gasteiger partial charge on any atom is -0.463 e. The van der Waals surface area contributed by atoms with Crippen LogP contribution in [0.4, 0.5) is 10.5 Å². The molecule has 0 spiro atoms. The van der Waals surface area contributed by atoms with Crippen molar-refractivity contribution in [3.05, 3.63) is 41.6 Å². The molecule has 1 aliphatic heterocycles. The highest BCUT2D eigenvalue weighted by atomic mass is 16.6. The number of nitrogens with zero attached hydrogens (tertiary/aromatic N) is 1. The lowest BCUT2D eigenvalue weighted by molar-refractivity contribution is -0.153. The van der Waals surface area contributed by atoms with E-state index in [4.69, 9.17) is 9.47 Å². The molecule has 29 heavy (non-hydrogen) atoms. The number of anilines is 1. The zero-order valence-corrected chi connectivity index (χ0v) is 17.6. The molecule has 0 aromatic heterocycles. The predicted molar refractivity (Wildman–Crippen MR) is 109 cm³/mol. The number of carbonyl (C=O) groups is 3. The summed E-state index contributed by atoms with van der Waals surface area (Å²) in [4.78, 5) is 38.7. The van der Waals surface area contributed by atoms with Gasteiger partial charge in [-0.1, -0.05) is 18.2 Å². The Morgan fingerprint density at radius 1 is 1.17 bits per heavy atom. The van der Waals surface area contributed by atoms with Crippen molar-refractivity contribution in [1.29, 1.82) is 0 Å². The molecule has 0 saturated carbocycles. The van der Waals surface area contributed by atoms with Gasteiger partial charge in [-0.3, -0.25) is 4.79 Å². The van der Waals surface area contributed by atoms with E-state index >= 15 is 0 Å².